The molecule has 0 aliphatic heterocycles. The Hall–Kier alpha value is -1.11. The van der Waals surface area contributed by atoms with Crippen molar-refractivity contribution in [3.63, 3.8) is 0 Å². The van der Waals surface area contributed by atoms with Crippen molar-refractivity contribution in [1.82, 2.24) is 4.98 Å². The third kappa shape index (κ3) is 2.94. The second-order valence-electron chi connectivity index (χ2n) is 2.75. The Labute approximate surface area is 97.8 Å². The highest BCUT2D eigenvalue weighted by Gasteiger charge is 2.37. The van der Waals surface area contributed by atoms with Gasteiger partial charge in [0.1, 0.15) is 4.60 Å². The first kappa shape index (κ1) is 13.0. The van der Waals surface area contributed by atoms with Gasteiger partial charge in [-0.25, -0.2) is 9.78 Å². The lowest BCUT2D eigenvalue weighted by Crippen LogP contribution is -2.17. The summed E-state index contributed by atoms with van der Waals surface area (Å²) in [5.41, 5.74) is -1.84. The van der Waals surface area contributed by atoms with Gasteiger partial charge in [-0.3, -0.25) is 0 Å². The first-order chi connectivity index (χ1) is 7.36. The number of alkyl halides is 3. The van der Waals surface area contributed by atoms with Crippen LogP contribution in [0.3, 0.4) is 0 Å². The zero-order chi connectivity index (χ0) is 12.3. The van der Waals surface area contributed by atoms with E-state index in [2.05, 4.69) is 25.7 Å². The number of esters is 1. The van der Waals surface area contributed by atoms with Crippen molar-refractivity contribution in [3.05, 3.63) is 28.0 Å². The zero-order valence-electron chi connectivity index (χ0n) is 8.14. The van der Waals surface area contributed by atoms with Crippen LogP contribution in [0, 0.1) is 0 Å². The Balaban J connectivity index is 3.23. The Morgan fingerprint density at radius 2 is 2.12 bits per heavy atom. The van der Waals surface area contributed by atoms with Gasteiger partial charge in [0.15, 0.2) is 5.69 Å². The van der Waals surface area contributed by atoms with E-state index in [0.29, 0.717) is 0 Å². The third-order valence-electron chi connectivity index (χ3n) is 1.63. The molecule has 16 heavy (non-hydrogen) atoms. The van der Waals surface area contributed by atoms with E-state index in [9.17, 15) is 18.0 Å². The molecule has 7 heteroatoms. The number of nitrogens with zero attached hydrogens (tertiary/aromatic N) is 1. The third-order valence-corrected chi connectivity index (χ3v) is 2.07. The minimum atomic E-state index is -4.69. The Morgan fingerprint density at radius 3 is 2.62 bits per heavy atom. The minimum absolute atomic E-state index is 0.00615. The molecule has 0 N–H and O–H groups in total. The fraction of sp³-hybridized carbons (Fsp3) is 0.333. The summed E-state index contributed by atoms with van der Waals surface area (Å²) in [5, 5.41) is 0. The maximum absolute atomic E-state index is 12.5. The lowest BCUT2D eigenvalue weighted by atomic mass is 10.2. The van der Waals surface area contributed by atoms with E-state index in [1.54, 1.807) is 0 Å². The second-order valence-corrected chi connectivity index (χ2v) is 3.56. The highest BCUT2D eigenvalue weighted by Crippen LogP contribution is 2.31. The lowest BCUT2D eigenvalue weighted by Gasteiger charge is -2.10. The fourth-order valence-electron chi connectivity index (χ4n) is 1.02. The molecular formula is C9H7BrF3NO2. The Bertz CT molecular complexity index is 406. The predicted molar refractivity (Wildman–Crippen MR) is 52.9 cm³/mol. The molecule has 3 nitrogen and oxygen atoms in total. The Morgan fingerprint density at radius 1 is 1.50 bits per heavy atom. The average molecular weight is 298 g/mol. The van der Waals surface area contributed by atoms with Gasteiger partial charge in [0.05, 0.1) is 12.2 Å². The number of aromatic nitrogens is 1. The number of carbonyl (C=O) groups is 1. The number of rotatable bonds is 2. The molecule has 1 aromatic rings. The molecule has 0 radical (unpaired) electrons. The van der Waals surface area contributed by atoms with Crippen LogP contribution < -0.4 is 0 Å². The maximum atomic E-state index is 12.5. The quantitative estimate of drug-likeness (QED) is 0.622. The number of carbonyl (C=O) groups excluding carboxylic acids is 1. The van der Waals surface area contributed by atoms with E-state index in [1.165, 1.54) is 13.0 Å². The summed E-state index contributed by atoms with van der Waals surface area (Å²) in [7, 11) is 0. The molecule has 1 aromatic heterocycles. The van der Waals surface area contributed by atoms with Crippen molar-refractivity contribution >= 4 is 21.9 Å². The maximum Gasteiger partial charge on any atom is 0.434 e. The smallest absolute Gasteiger partial charge is 0.434 e. The predicted octanol–water partition coefficient (Wildman–Crippen LogP) is 3.04. The van der Waals surface area contributed by atoms with E-state index in [1.807, 2.05) is 0 Å². The number of ether oxygens (including phenoxy) is 1. The summed E-state index contributed by atoms with van der Waals surface area (Å²) in [6.45, 7) is 1.52. The van der Waals surface area contributed by atoms with Crippen LogP contribution in [0.25, 0.3) is 0 Å². The second kappa shape index (κ2) is 4.82. The highest BCUT2D eigenvalue weighted by molar-refractivity contribution is 9.10. The van der Waals surface area contributed by atoms with Crippen LogP contribution in [0.4, 0.5) is 13.2 Å². The SMILES string of the molecule is CCOC(=O)c1ccc(Br)nc1C(F)(F)F. The van der Waals surface area contributed by atoms with E-state index in [0.717, 1.165) is 6.07 Å². The van der Waals surface area contributed by atoms with Crippen molar-refractivity contribution in [2.75, 3.05) is 6.61 Å². The summed E-state index contributed by atoms with van der Waals surface area (Å²) in [6.07, 6.45) is -4.69. The van der Waals surface area contributed by atoms with Crippen molar-refractivity contribution in [2.24, 2.45) is 0 Å². The monoisotopic (exact) mass is 297 g/mol. The lowest BCUT2D eigenvalue weighted by molar-refractivity contribution is -0.141. The van der Waals surface area contributed by atoms with Crippen molar-refractivity contribution in [3.8, 4) is 0 Å². The van der Waals surface area contributed by atoms with Crippen LogP contribution in [0.2, 0.25) is 0 Å². The number of halogens is 4. The van der Waals surface area contributed by atoms with E-state index in [4.69, 9.17) is 0 Å². The van der Waals surface area contributed by atoms with E-state index in [-0.39, 0.29) is 11.2 Å². The van der Waals surface area contributed by atoms with Crippen LogP contribution in [0.5, 0.6) is 0 Å². The van der Waals surface area contributed by atoms with Gasteiger partial charge in [-0.15, -0.1) is 0 Å². The van der Waals surface area contributed by atoms with Crippen LogP contribution >= 0.6 is 15.9 Å². The molecule has 0 aliphatic rings. The van der Waals surface area contributed by atoms with Crippen molar-refractivity contribution in [2.45, 2.75) is 13.1 Å². The molecule has 0 fully saturated rings. The van der Waals surface area contributed by atoms with Crippen LogP contribution in [0.1, 0.15) is 23.0 Å². The molecule has 0 atom stereocenters. The molecule has 0 saturated carbocycles. The number of hydrogen-bond acceptors (Lipinski definition) is 3. The van der Waals surface area contributed by atoms with Gasteiger partial charge in [-0.1, -0.05) is 0 Å². The summed E-state index contributed by atoms with van der Waals surface area (Å²) in [5.74, 6) is -1.03. The number of pyridine rings is 1. The van der Waals surface area contributed by atoms with Crippen LogP contribution in [0.15, 0.2) is 16.7 Å². The van der Waals surface area contributed by atoms with Gasteiger partial charge in [0.2, 0.25) is 0 Å². The molecule has 0 saturated heterocycles. The number of hydrogen-bond donors (Lipinski definition) is 0. The zero-order valence-corrected chi connectivity index (χ0v) is 9.72. The molecule has 1 heterocycles. The molecule has 1 rings (SSSR count). The van der Waals surface area contributed by atoms with E-state index >= 15 is 0 Å². The molecule has 0 spiro atoms. The van der Waals surface area contributed by atoms with Crippen LogP contribution in [-0.2, 0) is 10.9 Å². The van der Waals surface area contributed by atoms with Crippen molar-refractivity contribution < 1.29 is 22.7 Å². The summed E-state index contributed by atoms with van der Waals surface area (Å²) in [6, 6.07) is 2.28. The normalized spacial score (nSPS) is 11.3. The summed E-state index contributed by atoms with van der Waals surface area (Å²) in [4.78, 5) is 14.5. The standard InChI is InChI=1S/C9H7BrF3NO2/c1-2-16-8(15)5-3-4-6(10)14-7(5)9(11,12)13/h3-4H,2H2,1H3. The van der Waals surface area contributed by atoms with Gasteiger partial charge in [0.25, 0.3) is 0 Å². The van der Waals surface area contributed by atoms with Gasteiger partial charge in [0, 0.05) is 0 Å². The molecule has 0 bridgehead atoms. The van der Waals surface area contributed by atoms with Crippen molar-refractivity contribution in [1.29, 1.82) is 0 Å². The molecular weight excluding hydrogens is 291 g/mol. The first-order valence-corrected chi connectivity index (χ1v) is 5.06. The first-order valence-electron chi connectivity index (χ1n) is 4.27. The minimum Gasteiger partial charge on any atom is -0.462 e. The molecule has 88 valence electrons. The van der Waals surface area contributed by atoms with Gasteiger partial charge in [-0.05, 0) is 35.0 Å². The van der Waals surface area contributed by atoms with Crippen LogP contribution in [-0.4, -0.2) is 17.6 Å². The van der Waals surface area contributed by atoms with E-state index < -0.39 is 23.4 Å². The largest absolute Gasteiger partial charge is 0.462 e. The molecule has 0 unspecified atom stereocenters. The van der Waals surface area contributed by atoms with Gasteiger partial charge >= 0.3 is 12.1 Å². The summed E-state index contributed by atoms with van der Waals surface area (Å²) >= 11 is 2.81. The van der Waals surface area contributed by atoms with Gasteiger partial charge < -0.3 is 4.74 Å². The van der Waals surface area contributed by atoms with Gasteiger partial charge in [-0.2, -0.15) is 13.2 Å². The highest BCUT2D eigenvalue weighted by atomic mass is 79.9. The molecule has 0 aliphatic carbocycles. The topological polar surface area (TPSA) is 39.2 Å². The Kier molecular flexibility index (Phi) is 3.90. The average Bonchev–Trinajstić information content (AvgIpc) is 2.16. The fourth-order valence-corrected chi connectivity index (χ4v) is 1.33. The molecule has 0 amide bonds. The summed E-state index contributed by atoms with van der Waals surface area (Å²) < 4.78 is 42.1. The molecule has 0 aromatic carbocycles.